The van der Waals surface area contributed by atoms with Gasteiger partial charge in [0, 0.05) is 25.7 Å². The van der Waals surface area contributed by atoms with Crippen LogP contribution in [0, 0.1) is 35.5 Å². The van der Waals surface area contributed by atoms with Crippen molar-refractivity contribution in [2.24, 2.45) is 11.8 Å². The van der Waals surface area contributed by atoms with Gasteiger partial charge in [0.25, 0.3) is 0 Å². The van der Waals surface area contributed by atoms with E-state index in [1.165, 1.54) is 39.5 Å². The van der Waals surface area contributed by atoms with Crippen LogP contribution in [-0.2, 0) is 19.1 Å². The summed E-state index contributed by atoms with van der Waals surface area (Å²) in [6.07, 6.45) is 9.30. The normalized spacial score (nSPS) is 18.2. The molecule has 2 aliphatic carbocycles. The van der Waals surface area contributed by atoms with Crippen LogP contribution in [-0.4, -0.2) is 25.2 Å². The summed E-state index contributed by atoms with van der Waals surface area (Å²) < 4.78 is 10.3. The van der Waals surface area contributed by atoms with Crippen LogP contribution in [0.3, 0.4) is 0 Å². The molecule has 2 rings (SSSR count). The van der Waals surface area contributed by atoms with Crippen LogP contribution in [0.25, 0.3) is 0 Å². The molecule has 0 saturated heterocycles. The second-order valence-electron chi connectivity index (χ2n) is 7.02. The zero-order valence-electron chi connectivity index (χ0n) is 15.9. The van der Waals surface area contributed by atoms with Gasteiger partial charge in [0.1, 0.15) is 13.2 Å². The summed E-state index contributed by atoms with van der Waals surface area (Å²) in [5.74, 6) is 13.0. The zero-order valence-corrected chi connectivity index (χ0v) is 15.9. The maximum absolute atomic E-state index is 11.2. The summed E-state index contributed by atoms with van der Waals surface area (Å²) in [4.78, 5) is 22.5. The Morgan fingerprint density at radius 1 is 0.731 bits per heavy atom. The molecular weight excluding hydrogens is 328 g/mol. The van der Waals surface area contributed by atoms with Crippen molar-refractivity contribution in [3.63, 3.8) is 0 Å². The second-order valence-corrected chi connectivity index (χ2v) is 7.02. The molecule has 0 aromatic heterocycles. The molecular formula is C22H28O4. The minimum atomic E-state index is -0.360. The van der Waals surface area contributed by atoms with Gasteiger partial charge >= 0.3 is 11.9 Å². The molecule has 0 bridgehead atoms. The summed E-state index contributed by atoms with van der Waals surface area (Å²) in [6, 6.07) is 0. The van der Waals surface area contributed by atoms with E-state index in [1.807, 2.05) is 0 Å². The van der Waals surface area contributed by atoms with E-state index in [0.29, 0.717) is 23.0 Å². The first-order valence-corrected chi connectivity index (χ1v) is 9.56. The van der Waals surface area contributed by atoms with Crippen LogP contribution in [0.2, 0.25) is 0 Å². The van der Waals surface area contributed by atoms with Gasteiger partial charge < -0.3 is 9.47 Å². The van der Waals surface area contributed by atoms with Gasteiger partial charge in [0.2, 0.25) is 0 Å². The Hall–Kier alpha value is -2.20. The Balaban J connectivity index is 2.26. The third-order valence-electron chi connectivity index (χ3n) is 4.77. The van der Waals surface area contributed by atoms with Gasteiger partial charge in [-0.25, -0.2) is 0 Å². The third-order valence-corrected chi connectivity index (χ3v) is 4.77. The smallest absolute Gasteiger partial charge is 0.302 e. The van der Waals surface area contributed by atoms with Crippen molar-refractivity contribution in [2.75, 3.05) is 13.2 Å². The summed E-state index contributed by atoms with van der Waals surface area (Å²) in [6.45, 7) is 2.89. The highest BCUT2D eigenvalue weighted by molar-refractivity contribution is 5.67. The zero-order chi connectivity index (χ0) is 18.8. The standard InChI is InChI=1S/C22H28O4/c1-17(23)25-15-21(13-11-19-7-3-4-8-19)22(16-26-18(2)24)14-12-20-9-5-6-10-20/h19-20H,3-10,15-16H2,1-2H3/b22-21+. The molecule has 0 unspecified atom stereocenters. The number of rotatable bonds is 4. The van der Waals surface area contributed by atoms with E-state index in [-0.39, 0.29) is 25.2 Å². The lowest BCUT2D eigenvalue weighted by atomic mass is 10.0. The summed E-state index contributed by atoms with van der Waals surface area (Å²) in [5, 5.41) is 0. The molecule has 2 saturated carbocycles. The van der Waals surface area contributed by atoms with E-state index in [9.17, 15) is 9.59 Å². The SMILES string of the molecule is CC(=O)OC/C(C#CC1CCCC1)=C(\C#CC1CCCC1)COC(C)=O. The van der Waals surface area contributed by atoms with Crippen LogP contribution >= 0.6 is 0 Å². The van der Waals surface area contributed by atoms with Gasteiger partial charge in [-0.15, -0.1) is 0 Å². The van der Waals surface area contributed by atoms with Gasteiger partial charge in [-0.2, -0.15) is 0 Å². The van der Waals surface area contributed by atoms with Gasteiger partial charge in [-0.1, -0.05) is 49.4 Å². The molecule has 0 aromatic rings. The monoisotopic (exact) mass is 356 g/mol. The average molecular weight is 356 g/mol. The summed E-state index contributed by atoms with van der Waals surface area (Å²) >= 11 is 0. The van der Waals surface area contributed by atoms with Gasteiger partial charge in [0.05, 0.1) is 11.1 Å². The first-order chi connectivity index (χ1) is 12.5. The molecule has 0 aliphatic heterocycles. The van der Waals surface area contributed by atoms with Crippen molar-refractivity contribution < 1.29 is 19.1 Å². The Kier molecular flexibility index (Phi) is 8.29. The van der Waals surface area contributed by atoms with Crippen LogP contribution in [0.4, 0.5) is 0 Å². The quantitative estimate of drug-likeness (QED) is 0.568. The van der Waals surface area contributed by atoms with E-state index < -0.39 is 0 Å². The summed E-state index contributed by atoms with van der Waals surface area (Å²) in [7, 11) is 0. The van der Waals surface area contributed by atoms with Crippen LogP contribution < -0.4 is 0 Å². The molecule has 2 aliphatic rings. The highest BCUT2D eigenvalue weighted by atomic mass is 16.5. The number of ether oxygens (including phenoxy) is 2. The largest absolute Gasteiger partial charge is 0.460 e. The molecule has 26 heavy (non-hydrogen) atoms. The minimum Gasteiger partial charge on any atom is -0.460 e. The molecule has 0 atom stereocenters. The molecule has 2 fully saturated rings. The molecule has 0 heterocycles. The third kappa shape index (κ3) is 7.36. The highest BCUT2D eigenvalue weighted by Gasteiger charge is 2.14. The lowest BCUT2D eigenvalue weighted by Crippen LogP contribution is -2.10. The fourth-order valence-corrected chi connectivity index (χ4v) is 3.26. The molecule has 140 valence electrons. The summed E-state index contributed by atoms with van der Waals surface area (Å²) in [5.41, 5.74) is 1.30. The van der Waals surface area contributed by atoms with Crippen molar-refractivity contribution in [2.45, 2.75) is 65.2 Å². The van der Waals surface area contributed by atoms with E-state index in [0.717, 1.165) is 25.7 Å². The maximum Gasteiger partial charge on any atom is 0.302 e. The van der Waals surface area contributed by atoms with E-state index >= 15 is 0 Å². The Morgan fingerprint density at radius 3 is 1.38 bits per heavy atom. The molecule has 0 radical (unpaired) electrons. The lowest BCUT2D eigenvalue weighted by Gasteiger charge is -2.08. The molecule has 0 aromatic carbocycles. The van der Waals surface area contributed by atoms with E-state index in [1.54, 1.807) is 0 Å². The van der Waals surface area contributed by atoms with Crippen LogP contribution in [0.5, 0.6) is 0 Å². The Bertz CT molecular complexity index is 596. The van der Waals surface area contributed by atoms with Crippen molar-refractivity contribution in [1.82, 2.24) is 0 Å². The lowest BCUT2D eigenvalue weighted by molar-refractivity contribution is -0.141. The number of carbonyl (C=O) groups excluding carboxylic acids is 2. The van der Waals surface area contributed by atoms with Gasteiger partial charge in [0.15, 0.2) is 0 Å². The first-order valence-electron chi connectivity index (χ1n) is 9.56. The Morgan fingerprint density at radius 2 is 1.08 bits per heavy atom. The predicted molar refractivity (Wildman–Crippen MR) is 99.8 cm³/mol. The molecule has 0 amide bonds. The van der Waals surface area contributed by atoms with Crippen molar-refractivity contribution in [1.29, 1.82) is 0 Å². The predicted octanol–water partition coefficient (Wildman–Crippen LogP) is 3.80. The van der Waals surface area contributed by atoms with Crippen molar-refractivity contribution >= 4 is 11.9 Å². The average Bonchev–Trinajstić information content (AvgIpc) is 3.28. The molecule has 4 nitrogen and oxygen atoms in total. The first kappa shape index (κ1) is 20.1. The Labute approximate surface area is 156 Å². The minimum absolute atomic E-state index is 0.0744. The molecule has 0 N–H and O–H groups in total. The molecule has 0 spiro atoms. The topological polar surface area (TPSA) is 52.6 Å². The fourth-order valence-electron chi connectivity index (χ4n) is 3.26. The highest BCUT2D eigenvalue weighted by Crippen LogP contribution is 2.25. The number of carbonyl (C=O) groups is 2. The van der Waals surface area contributed by atoms with Gasteiger partial charge in [-0.3, -0.25) is 9.59 Å². The van der Waals surface area contributed by atoms with Crippen LogP contribution in [0.15, 0.2) is 11.1 Å². The number of hydrogen-bond acceptors (Lipinski definition) is 4. The second kappa shape index (κ2) is 10.7. The van der Waals surface area contributed by atoms with Crippen LogP contribution in [0.1, 0.15) is 65.2 Å². The van der Waals surface area contributed by atoms with E-state index in [2.05, 4.69) is 23.7 Å². The van der Waals surface area contributed by atoms with Crippen molar-refractivity contribution in [3.8, 4) is 23.7 Å². The number of esters is 2. The van der Waals surface area contributed by atoms with Gasteiger partial charge in [-0.05, 0) is 25.7 Å². The molecule has 4 heteroatoms. The number of hydrogen-bond donors (Lipinski definition) is 0. The maximum atomic E-state index is 11.2. The van der Waals surface area contributed by atoms with E-state index in [4.69, 9.17) is 9.47 Å². The fraction of sp³-hybridized carbons (Fsp3) is 0.636. The van der Waals surface area contributed by atoms with Crippen molar-refractivity contribution in [3.05, 3.63) is 11.1 Å².